The second kappa shape index (κ2) is 5.70. The van der Waals surface area contributed by atoms with Crippen molar-refractivity contribution in [1.29, 1.82) is 0 Å². The molecule has 1 heterocycles. The van der Waals surface area contributed by atoms with Crippen molar-refractivity contribution < 1.29 is 5.11 Å². The van der Waals surface area contributed by atoms with E-state index in [9.17, 15) is 0 Å². The van der Waals surface area contributed by atoms with Crippen LogP contribution in [-0.2, 0) is 6.61 Å². The number of aliphatic hydroxyl groups excluding tert-OH is 1. The minimum atomic E-state index is 0.0395. The molecule has 0 aliphatic carbocycles. The van der Waals surface area contributed by atoms with E-state index in [1.165, 1.54) is 0 Å². The Balaban J connectivity index is 2.06. The standard InChI is InChI=1S/C15H23ClN2O/c1-15(2,3)18-8-6-17(7-9-18)14-5-4-12(11-19)10-13(14)16/h4-5,10,19H,6-9,11H2,1-3H3. The van der Waals surface area contributed by atoms with Crippen LogP contribution in [0.4, 0.5) is 5.69 Å². The van der Waals surface area contributed by atoms with E-state index in [0.29, 0.717) is 0 Å². The van der Waals surface area contributed by atoms with Gasteiger partial charge in [-0.25, -0.2) is 0 Å². The minimum absolute atomic E-state index is 0.0395. The molecule has 4 heteroatoms. The van der Waals surface area contributed by atoms with Crippen LogP contribution in [0.1, 0.15) is 26.3 Å². The summed E-state index contributed by atoms with van der Waals surface area (Å²) < 4.78 is 0. The van der Waals surface area contributed by atoms with Gasteiger partial charge in [-0.15, -0.1) is 0 Å². The van der Waals surface area contributed by atoms with E-state index in [2.05, 4.69) is 30.6 Å². The maximum atomic E-state index is 9.11. The van der Waals surface area contributed by atoms with Gasteiger partial charge in [-0.3, -0.25) is 4.90 Å². The van der Waals surface area contributed by atoms with E-state index < -0.39 is 0 Å². The third kappa shape index (κ3) is 3.41. The topological polar surface area (TPSA) is 26.7 Å². The normalized spacial score (nSPS) is 17.8. The fraction of sp³-hybridized carbons (Fsp3) is 0.600. The summed E-state index contributed by atoms with van der Waals surface area (Å²) >= 11 is 6.30. The van der Waals surface area contributed by atoms with E-state index >= 15 is 0 Å². The van der Waals surface area contributed by atoms with Gasteiger partial charge in [-0.2, -0.15) is 0 Å². The first-order valence-corrected chi connectivity index (χ1v) is 7.19. The second-order valence-corrected chi connectivity index (χ2v) is 6.50. The lowest BCUT2D eigenvalue weighted by atomic mass is 10.0. The lowest BCUT2D eigenvalue weighted by Crippen LogP contribution is -2.53. The van der Waals surface area contributed by atoms with Crippen molar-refractivity contribution in [3.63, 3.8) is 0 Å². The minimum Gasteiger partial charge on any atom is -0.392 e. The number of hydrogen-bond acceptors (Lipinski definition) is 3. The number of piperazine rings is 1. The van der Waals surface area contributed by atoms with E-state index in [1.54, 1.807) is 0 Å². The summed E-state index contributed by atoms with van der Waals surface area (Å²) in [6.07, 6.45) is 0. The first-order valence-electron chi connectivity index (χ1n) is 6.81. The highest BCUT2D eigenvalue weighted by atomic mass is 35.5. The summed E-state index contributed by atoms with van der Waals surface area (Å²) in [4.78, 5) is 4.82. The van der Waals surface area contributed by atoms with E-state index in [4.69, 9.17) is 16.7 Å². The van der Waals surface area contributed by atoms with Crippen LogP contribution in [0.25, 0.3) is 0 Å². The Morgan fingerprint density at radius 3 is 2.26 bits per heavy atom. The number of nitrogens with zero attached hydrogens (tertiary/aromatic N) is 2. The molecule has 3 nitrogen and oxygen atoms in total. The lowest BCUT2D eigenvalue weighted by Gasteiger charge is -2.43. The van der Waals surface area contributed by atoms with Gasteiger partial charge in [0.1, 0.15) is 0 Å². The van der Waals surface area contributed by atoms with Gasteiger partial charge in [0.25, 0.3) is 0 Å². The highest BCUT2D eigenvalue weighted by Crippen LogP contribution is 2.28. The maximum Gasteiger partial charge on any atom is 0.0682 e. The molecule has 0 radical (unpaired) electrons. The summed E-state index contributed by atoms with van der Waals surface area (Å²) in [5.74, 6) is 0. The maximum absolute atomic E-state index is 9.11. The van der Waals surface area contributed by atoms with Crippen molar-refractivity contribution in [3.05, 3.63) is 28.8 Å². The number of benzene rings is 1. The van der Waals surface area contributed by atoms with Crippen molar-refractivity contribution in [2.75, 3.05) is 31.1 Å². The molecule has 2 rings (SSSR count). The highest BCUT2D eigenvalue weighted by Gasteiger charge is 2.26. The van der Waals surface area contributed by atoms with E-state index in [1.807, 2.05) is 18.2 Å². The molecule has 1 saturated heterocycles. The smallest absolute Gasteiger partial charge is 0.0682 e. The molecule has 0 amide bonds. The van der Waals surface area contributed by atoms with Crippen LogP contribution in [0.15, 0.2) is 18.2 Å². The SMILES string of the molecule is CC(C)(C)N1CCN(c2ccc(CO)cc2Cl)CC1. The Labute approximate surface area is 120 Å². The van der Waals surface area contributed by atoms with Crippen molar-refractivity contribution >= 4 is 17.3 Å². The number of halogens is 1. The molecule has 106 valence electrons. The Morgan fingerprint density at radius 1 is 1.16 bits per heavy atom. The number of aliphatic hydroxyl groups is 1. The molecule has 0 aromatic heterocycles. The highest BCUT2D eigenvalue weighted by molar-refractivity contribution is 6.33. The van der Waals surface area contributed by atoms with Gasteiger partial charge in [0.2, 0.25) is 0 Å². The second-order valence-electron chi connectivity index (χ2n) is 6.09. The lowest BCUT2D eigenvalue weighted by molar-refractivity contribution is 0.128. The summed E-state index contributed by atoms with van der Waals surface area (Å²) in [7, 11) is 0. The van der Waals surface area contributed by atoms with Crippen molar-refractivity contribution in [1.82, 2.24) is 4.90 Å². The quantitative estimate of drug-likeness (QED) is 0.904. The van der Waals surface area contributed by atoms with Gasteiger partial charge in [0, 0.05) is 31.7 Å². The zero-order chi connectivity index (χ0) is 14.0. The molecule has 0 atom stereocenters. The third-order valence-corrected chi connectivity index (χ3v) is 4.07. The molecule has 1 aliphatic rings. The molecular formula is C15H23ClN2O. The van der Waals surface area contributed by atoms with E-state index in [0.717, 1.165) is 42.5 Å². The van der Waals surface area contributed by atoms with Gasteiger partial charge in [-0.1, -0.05) is 17.7 Å². The Kier molecular flexibility index (Phi) is 4.39. The molecule has 1 aromatic rings. The predicted molar refractivity (Wildman–Crippen MR) is 80.9 cm³/mol. The predicted octanol–water partition coefficient (Wildman–Crippen LogP) is 2.75. The molecular weight excluding hydrogens is 260 g/mol. The first-order chi connectivity index (χ1) is 8.91. The molecule has 1 fully saturated rings. The van der Waals surface area contributed by atoms with E-state index in [-0.39, 0.29) is 12.1 Å². The average Bonchev–Trinajstić information content (AvgIpc) is 2.37. The Bertz CT molecular complexity index is 434. The monoisotopic (exact) mass is 282 g/mol. The number of hydrogen-bond donors (Lipinski definition) is 1. The van der Waals surface area contributed by atoms with Crippen LogP contribution < -0.4 is 4.90 Å². The van der Waals surface area contributed by atoms with Crippen LogP contribution in [0, 0.1) is 0 Å². The average molecular weight is 283 g/mol. The molecule has 1 N–H and O–H groups in total. The molecule has 0 unspecified atom stereocenters. The first kappa shape index (κ1) is 14.6. The zero-order valence-electron chi connectivity index (χ0n) is 12.0. The Hall–Kier alpha value is -0.770. The van der Waals surface area contributed by atoms with Gasteiger partial charge < -0.3 is 10.0 Å². The van der Waals surface area contributed by atoms with Crippen molar-refractivity contribution in [3.8, 4) is 0 Å². The van der Waals surface area contributed by atoms with Crippen LogP contribution in [0.2, 0.25) is 5.02 Å². The van der Waals surface area contributed by atoms with Crippen LogP contribution in [-0.4, -0.2) is 41.7 Å². The van der Waals surface area contributed by atoms with Crippen LogP contribution in [0.3, 0.4) is 0 Å². The van der Waals surface area contributed by atoms with Gasteiger partial charge in [0.15, 0.2) is 0 Å². The summed E-state index contributed by atoms with van der Waals surface area (Å²) in [6, 6.07) is 5.81. The fourth-order valence-corrected chi connectivity index (χ4v) is 2.85. The van der Waals surface area contributed by atoms with Gasteiger partial charge >= 0.3 is 0 Å². The molecule has 0 saturated carbocycles. The molecule has 1 aromatic carbocycles. The summed E-state index contributed by atoms with van der Waals surface area (Å²) in [5, 5.41) is 9.84. The van der Waals surface area contributed by atoms with Gasteiger partial charge in [0.05, 0.1) is 17.3 Å². The zero-order valence-corrected chi connectivity index (χ0v) is 12.7. The number of rotatable bonds is 2. The van der Waals surface area contributed by atoms with Gasteiger partial charge in [-0.05, 0) is 38.5 Å². The van der Waals surface area contributed by atoms with Crippen molar-refractivity contribution in [2.45, 2.75) is 32.9 Å². The largest absolute Gasteiger partial charge is 0.392 e. The third-order valence-electron chi connectivity index (χ3n) is 3.76. The summed E-state index contributed by atoms with van der Waals surface area (Å²) in [5.41, 5.74) is 2.17. The number of anilines is 1. The summed E-state index contributed by atoms with van der Waals surface area (Å²) in [6.45, 7) is 10.9. The van der Waals surface area contributed by atoms with Crippen LogP contribution >= 0.6 is 11.6 Å². The Morgan fingerprint density at radius 2 is 1.79 bits per heavy atom. The molecule has 0 bridgehead atoms. The molecule has 19 heavy (non-hydrogen) atoms. The van der Waals surface area contributed by atoms with Crippen molar-refractivity contribution in [2.24, 2.45) is 0 Å². The fourth-order valence-electron chi connectivity index (χ4n) is 2.52. The molecule has 0 spiro atoms. The van der Waals surface area contributed by atoms with Crippen LogP contribution in [0.5, 0.6) is 0 Å². The molecule has 1 aliphatic heterocycles.